The van der Waals surface area contributed by atoms with Gasteiger partial charge in [0.25, 0.3) is 0 Å². The molecule has 0 aliphatic heterocycles. The number of nitrogens with one attached hydrogen (secondary N) is 1. The molecule has 0 aliphatic rings. The standard InChI is InChI=1S/C19H18N6/c1-13(14-6-4-3-5-7-14)22-18-15-8-10-20-12-16(15)23-19(24-18)17-9-11-21-25(17)2/h3-13H,1-2H3,(H,22,23,24). The molecule has 0 saturated heterocycles. The van der Waals surface area contributed by atoms with E-state index in [9.17, 15) is 0 Å². The number of fused-ring (bicyclic) bond motifs is 1. The minimum Gasteiger partial charge on any atom is -0.363 e. The summed E-state index contributed by atoms with van der Waals surface area (Å²) < 4.78 is 1.77. The molecule has 0 aliphatic carbocycles. The summed E-state index contributed by atoms with van der Waals surface area (Å²) in [7, 11) is 1.88. The van der Waals surface area contributed by atoms with Gasteiger partial charge in [-0.1, -0.05) is 30.3 Å². The zero-order valence-corrected chi connectivity index (χ0v) is 14.1. The average Bonchev–Trinajstić information content (AvgIpc) is 3.08. The third-order valence-corrected chi connectivity index (χ3v) is 4.20. The highest BCUT2D eigenvalue weighted by molar-refractivity contribution is 5.89. The smallest absolute Gasteiger partial charge is 0.180 e. The van der Waals surface area contributed by atoms with E-state index in [2.05, 4.69) is 39.4 Å². The zero-order chi connectivity index (χ0) is 17.2. The van der Waals surface area contributed by atoms with Crippen LogP contribution < -0.4 is 5.32 Å². The first kappa shape index (κ1) is 15.3. The molecule has 4 aromatic rings. The number of hydrogen-bond donors (Lipinski definition) is 1. The fourth-order valence-electron chi connectivity index (χ4n) is 2.83. The Balaban J connectivity index is 1.80. The highest BCUT2D eigenvalue weighted by Gasteiger charge is 2.14. The van der Waals surface area contributed by atoms with Gasteiger partial charge >= 0.3 is 0 Å². The lowest BCUT2D eigenvalue weighted by molar-refractivity contribution is 0.770. The van der Waals surface area contributed by atoms with E-state index in [-0.39, 0.29) is 6.04 Å². The number of aromatic nitrogens is 5. The summed E-state index contributed by atoms with van der Waals surface area (Å²) in [6.45, 7) is 2.12. The maximum absolute atomic E-state index is 4.76. The van der Waals surface area contributed by atoms with E-state index in [4.69, 9.17) is 4.98 Å². The molecule has 0 fully saturated rings. The Morgan fingerprint density at radius 3 is 2.60 bits per heavy atom. The van der Waals surface area contributed by atoms with Crippen molar-refractivity contribution in [3.63, 3.8) is 0 Å². The monoisotopic (exact) mass is 330 g/mol. The summed E-state index contributed by atoms with van der Waals surface area (Å²) in [5.74, 6) is 1.42. The number of rotatable bonds is 4. The SMILES string of the molecule is CC(Nc1nc(-c2ccnn2C)nc2cnccc12)c1ccccc1. The van der Waals surface area contributed by atoms with E-state index < -0.39 is 0 Å². The molecule has 3 heterocycles. The molecule has 0 bridgehead atoms. The molecule has 3 aromatic heterocycles. The van der Waals surface area contributed by atoms with Crippen LogP contribution in [0.4, 0.5) is 5.82 Å². The van der Waals surface area contributed by atoms with Crippen molar-refractivity contribution < 1.29 is 0 Å². The van der Waals surface area contributed by atoms with Gasteiger partial charge in [-0.05, 0) is 24.6 Å². The molecule has 1 aromatic carbocycles. The summed E-state index contributed by atoms with van der Waals surface area (Å²) in [4.78, 5) is 13.6. The second-order valence-electron chi connectivity index (χ2n) is 5.91. The lowest BCUT2D eigenvalue weighted by atomic mass is 10.1. The average molecular weight is 330 g/mol. The third kappa shape index (κ3) is 2.94. The van der Waals surface area contributed by atoms with Crippen molar-refractivity contribution in [3.05, 3.63) is 66.6 Å². The van der Waals surface area contributed by atoms with Crippen molar-refractivity contribution in [2.45, 2.75) is 13.0 Å². The number of aryl methyl sites for hydroxylation is 1. The molecule has 1 atom stereocenters. The first-order chi connectivity index (χ1) is 12.2. The fourth-order valence-corrected chi connectivity index (χ4v) is 2.83. The lowest BCUT2D eigenvalue weighted by Crippen LogP contribution is -2.10. The highest BCUT2D eigenvalue weighted by Crippen LogP contribution is 2.27. The predicted molar refractivity (Wildman–Crippen MR) is 98.0 cm³/mol. The summed E-state index contributed by atoms with van der Waals surface area (Å²) in [5.41, 5.74) is 2.86. The first-order valence-corrected chi connectivity index (χ1v) is 8.14. The van der Waals surface area contributed by atoms with E-state index in [1.165, 1.54) is 5.56 Å². The molecule has 6 nitrogen and oxygen atoms in total. The molecule has 0 spiro atoms. The summed E-state index contributed by atoms with van der Waals surface area (Å²) in [5, 5.41) is 8.67. The van der Waals surface area contributed by atoms with Crippen LogP contribution in [-0.4, -0.2) is 24.7 Å². The number of anilines is 1. The Morgan fingerprint density at radius 2 is 1.84 bits per heavy atom. The van der Waals surface area contributed by atoms with Gasteiger partial charge in [0.2, 0.25) is 0 Å². The number of nitrogens with zero attached hydrogens (tertiary/aromatic N) is 5. The third-order valence-electron chi connectivity index (χ3n) is 4.20. The van der Waals surface area contributed by atoms with E-state index in [1.807, 2.05) is 37.4 Å². The lowest BCUT2D eigenvalue weighted by Gasteiger charge is -2.17. The summed E-state index contributed by atoms with van der Waals surface area (Å²) in [6.07, 6.45) is 5.26. The van der Waals surface area contributed by atoms with Gasteiger partial charge in [-0.3, -0.25) is 9.67 Å². The molecule has 1 N–H and O–H groups in total. The van der Waals surface area contributed by atoms with Gasteiger partial charge in [0.15, 0.2) is 5.82 Å². The second kappa shape index (κ2) is 6.32. The summed E-state index contributed by atoms with van der Waals surface area (Å²) in [6, 6.07) is 14.3. The number of pyridine rings is 1. The fraction of sp³-hybridized carbons (Fsp3) is 0.158. The number of hydrogen-bond acceptors (Lipinski definition) is 5. The minimum atomic E-state index is 0.117. The van der Waals surface area contributed by atoms with Crippen molar-refractivity contribution in [1.82, 2.24) is 24.7 Å². The van der Waals surface area contributed by atoms with Crippen molar-refractivity contribution >= 4 is 16.7 Å². The van der Waals surface area contributed by atoms with Crippen molar-refractivity contribution in [2.24, 2.45) is 7.05 Å². The minimum absolute atomic E-state index is 0.117. The van der Waals surface area contributed by atoms with E-state index in [0.717, 1.165) is 22.4 Å². The van der Waals surface area contributed by atoms with Gasteiger partial charge in [0.1, 0.15) is 11.5 Å². The van der Waals surface area contributed by atoms with Crippen LogP contribution >= 0.6 is 0 Å². The molecular formula is C19H18N6. The van der Waals surface area contributed by atoms with Crippen LogP contribution in [0.3, 0.4) is 0 Å². The van der Waals surface area contributed by atoms with Gasteiger partial charge < -0.3 is 5.32 Å². The van der Waals surface area contributed by atoms with Gasteiger partial charge in [-0.25, -0.2) is 9.97 Å². The van der Waals surface area contributed by atoms with Crippen LogP contribution in [0.25, 0.3) is 22.4 Å². The van der Waals surface area contributed by atoms with Crippen LogP contribution in [0, 0.1) is 0 Å². The largest absolute Gasteiger partial charge is 0.363 e. The molecule has 1 unspecified atom stereocenters. The van der Waals surface area contributed by atoms with Crippen LogP contribution in [0.2, 0.25) is 0 Å². The zero-order valence-electron chi connectivity index (χ0n) is 14.1. The Kier molecular flexibility index (Phi) is 3.85. The summed E-state index contributed by atoms with van der Waals surface area (Å²) >= 11 is 0. The topological polar surface area (TPSA) is 68.5 Å². The van der Waals surface area contributed by atoms with Crippen molar-refractivity contribution in [2.75, 3.05) is 5.32 Å². The Labute approximate surface area is 145 Å². The van der Waals surface area contributed by atoms with Gasteiger partial charge in [0.05, 0.1) is 11.7 Å². The molecule has 0 saturated carbocycles. The second-order valence-corrected chi connectivity index (χ2v) is 5.91. The van der Waals surface area contributed by atoms with Gasteiger partial charge in [0, 0.05) is 30.9 Å². The Hall–Kier alpha value is -3.28. The first-order valence-electron chi connectivity index (χ1n) is 8.14. The highest BCUT2D eigenvalue weighted by atomic mass is 15.3. The van der Waals surface area contributed by atoms with Crippen LogP contribution in [0.15, 0.2) is 61.1 Å². The van der Waals surface area contributed by atoms with Gasteiger partial charge in [-0.15, -0.1) is 0 Å². The molecular weight excluding hydrogens is 312 g/mol. The Morgan fingerprint density at radius 1 is 1.00 bits per heavy atom. The molecule has 6 heteroatoms. The van der Waals surface area contributed by atoms with Crippen LogP contribution in [-0.2, 0) is 7.05 Å². The maximum Gasteiger partial charge on any atom is 0.180 e. The van der Waals surface area contributed by atoms with Crippen LogP contribution in [0.5, 0.6) is 0 Å². The molecule has 25 heavy (non-hydrogen) atoms. The normalized spacial score (nSPS) is 12.2. The number of benzene rings is 1. The molecule has 4 rings (SSSR count). The molecule has 0 amide bonds. The molecule has 124 valence electrons. The van der Waals surface area contributed by atoms with E-state index in [1.54, 1.807) is 23.3 Å². The van der Waals surface area contributed by atoms with Crippen molar-refractivity contribution in [1.29, 1.82) is 0 Å². The Bertz CT molecular complexity index is 1010. The van der Waals surface area contributed by atoms with E-state index >= 15 is 0 Å². The van der Waals surface area contributed by atoms with Crippen molar-refractivity contribution in [3.8, 4) is 11.5 Å². The van der Waals surface area contributed by atoms with Crippen LogP contribution in [0.1, 0.15) is 18.5 Å². The predicted octanol–water partition coefficient (Wildman–Crippen LogP) is 3.60. The quantitative estimate of drug-likeness (QED) is 0.619. The van der Waals surface area contributed by atoms with E-state index in [0.29, 0.717) is 5.82 Å². The van der Waals surface area contributed by atoms with Gasteiger partial charge in [-0.2, -0.15) is 5.10 Å². The molecule has 0 radical (unpaired) electrons. The maximum atomic E-state index is 4.76.